The molecule has 2 N–H and O–H groups in total. The highest BCUT2D eigenvalue weighted by atomic mass is 35.5. The summed E-state index contributed by atoms with van der Waals surface area (Å²) in [5, 5.41) is 17.7. The Bertz CT molecular complexity index is 662. The van der Waals surface area contributed by atoms with Gasteiger partial charge in [0.05, 0.1) is 15.0 Å². The number of rotatable bonds is 4. The Balaban J connectivity index is 2.34. The fourth-order valence-corrected chi connectivity index (χ4v) is 1.97. The first kappa shape index (κ1) is 14.4. The van der Waals surface area contributed by atoms with Crippen LogP contribution in [0.25, 0.3) is 0 Å². The number of halogens is 2. The van der Waals surface area contributed by atoms with Crippen LogP contribution < -0.4 is 10.6 Å². The van der Waals surface area contributed by atoms with Gasteiger partial charge in [0, 0.05) is 36.2 Å². The van der Waals surface area contributed by atoms with Crippen molar-refractivity contribution >= 4 is 46.0 Å². The van der Waals surface area contributed by atoms with E-state index in [0.29, 0.717) is 27.1 Å². The zero-order valence-electron chi connectivity index (χ0n) is 10.5. The summed E-state index contributed by atoms with van der Waals surface area (Å²) in [6.45, 7) is 0. The smallest absolute Gasteiger partial charge is 0.273 e. The molecule has 2 aromatic carbocycles. The average molecular weight is 312 g/mol. The second-order valence-corrected chi connectivity index (χ2v) is 4.84. The van der Waals surface area contributed by atoms with Crippen LogP contribution in [0.4, 0.5) is 22.7 Å². The predicted molar refractivity (Wildman–Crippen MR) is 82.4 cm³/mol. The van der Waals surface area contributed by atoms with Gasteiger partial charge in [0.1, 0.15) is 0 Å². The number of anilines is 3. The Kier molecular flexibility index (Phi) is 4.32. The minimum absolute atomic E-state index is 0.000546. The number of hydrogen-bond acceptors (Lipinski definition) is 4. The standard InChI is InChI=1S/C13H11Cl2N3O2/c1-16-9-4-10(6-11(5-9)18(19)20)17-8-2-3-12(14)13(15)7-8/h2-7,16-17H,1H3. The Morgan fingerprint density at radius 3 is 2.30 bits per heavy atom. The van der Waals surface area contributed by atoms with Crippen molar-refractivity contribution in [1.29, 1.82) is 0 Å². The zero-order valence-corrected chi connectivity index (χ0v) is 12.0. The van der Waals surface area contributed by atoms with Crippen LogP contribution in [0.15, 0.2) is 36.4 Å². The lowest BCUT2D eigenvalue weighted by atomic mass is 10.2. The van der Waals surface area contributed by atoms with Crippen LogP contribution in [0.3, 0.4) is 0 Å². The van der Waals surface area contributed by atoms with E-state index >= 15 is 0 Å². The van der Waals surface area contributed by atoms with Gasteiger partial charge in [-0.25, -0.2) is 0 Å². The molecule has 0 fully saturated rings. The van der Waals surface area contributed by atoms with Crippen molar-refractivity contribution in [1.82, 2.24) is 0 Å². The normalized spacial score (nSPS) is 10.2. The fraction of sp³-hybridized carbons (Fsp3) is 0.0769. The van der Waals surface area contributed by atoms with E-state index in [1.165, 1.54) is 12.1 Å². The number of non-ortho nitro benzene ring substituents is 1. The summed E-state index contributed by atoms with van der Waals surface area (Å²) in [4.78, 5) is 10.4. The number of nitrogens with zero attached hydrogens (tertiary/aromatic N) is 1. The maximum absolute atomic E-state index is 10.9. The quantitative estimate of drug-likeness (QED) is 0.635. The molecule has 0 saturated heterocycles. The molecular weight excluding hydrogens is 301 g/mol. The number of nitro groups is 1. The van der Waals surface area contributed by atoms with Crippen LogP contribution in [0.1, 0.15) is 0 Å². The van der Waals surface area contributed by atoms with Gasteiger partial charge in [0.2, 0.25) is 0 Å². The Morgan fingerprint density at radius 1 is 1.00 bits per heavy atom. The van der Waals surface area contributed by atoms with Gasteiger partial charge in [-0.3, -0.25) is 10.1 Å². The van der Waals surface area contributed by atoms with Crippen molar-refractivity contribution in [2.45, 2.75) is 0 Å². The molecular formula is C13H11Cl2N3O2. The number of nitrogens with one attached hydrogen (secondary N) is 2. The molecule has 0 saturated carbocycles. The van der Waals surface area contributed by atoms with Gasteiger partial charge in [-0.1, -0.05) is 23.2 Å². The second kappa shape index (κ2) is 5.98. The lowest BCUT2D eigenvalue weighted by Gasteiger charge is -2.09. The molecule has 0 aliphatic heterocycles. The molecule has 0 unspecified atom stereocenters. The molecule has 2 aromatic rings. The van der Waals surface area contributed by atoms with Crippen molar-refractivity contribution in [3.63, 3.8) is 0 Å². The summed E-state index contributed by atoms with van der Waals surface area (Å²) in [7, 11) is 1.70. The van der Waals surface area contributed by atoms with Crippen molar-refractivity contribution in [3.8, 4) is 0 Å². The minimum atomic E-state index is -0.444. The highest BCUT2D eigenvalue weighted by Crippen LogP contribution is 2.29. The molecule has 7 heteroatoms. The fourth-order valence-electron chi connectivity index (χ4n) is 1.67. The summed E-state index contributed by atoms with van der Waals surface area (Å²) < 4.78 is 0. The minimum Gasteiger partial charge on any atom is -0.388 e. The van der Waals surface area contributed by atoms with Crippen LogP contribution in [0.2, 0.25) is 10.0 Å². The van der Waals surface area contributed by atoms with Crippen molar-refractivity contribution in [2.24, 2.45) is 0 Å². The zero-order chi connectivity index (χ0) is 14.7. The summed E-state index contributed by atoms with van der Waals surface area (Å²) >= 11 is 11.8. The Morgan fingerprint density at radius 2 is 1.70 bits per heavy atom. The highest BCUT2D eigenvalue weighted by molar-refractivity contribution is 6.42. The summed E-state index contributed by atoms with van der Waals surface area (Å²) in [6.07, 6.45) is 0. The molecule has 0 aliphatic rings. The second-order valence-electron chi connectivity index (χ2n) is 4.03. The Labute approximate surface area is 125 Å². The maximum atomic E-state index is 10.9. The van der Waals surface area contributed by atoms with Gasteiger partial charge in [-0.2, -0.15) is 0 Å². The van der Waals surface area contributed by atoms with Gasteiger partial charge in [-0.05, 0) is 24.3 Å². The molecule has 0 aliphatic carbocycles. The number of nitro benzene ring substituents is 1. The van der Waals surface area contributed by atoms with E-state index in [0.717, 1.165) is 0 Å². The van der Waals surface area contributed by atoms with Crippen molar-refractivity contribution < 1.29 is 4.92 Å². The van der Waals surface area contributed by atoms with Crippen LogP contribution >= 0.6 is 23.2 Å². The summed E-state index contributed by atoms with van der Waals surface area (Å²) in [5.41, 5.74) is 1.92. The monoisotopic (exact) mass is 311 g/mol. The van der Waals surface area contributed by atoms with Gasteiger partial charge in [0.25, 0.3) is 5.69 Å². The van der Waals surface area contributed by atoms with Crippen molar-refractivity contribution in [2.75, 3.05) is 17.7 Å². The number of hydrogen-bond donors (Lipinski definition) is 2. The van der Waals surface area contributed by atoms with Gasteiger partial charge in [-0.15, -0.1) is 0 Å². The largest absolute Gasteiger partial charge is 0.388 e. The third kappa shape index (κ3) is 3.31. The van der Waals surface area contributed by atoms with Crippen molar-refractivity contribution in [3.05, 3.63) is 56.6 Å². The predicted octanol–water partition coefficient (Wildman–Crippen LogP) is 4.69. The summed E-state index contributed by atoms with van der Waals surface area (Å²) in [5.74, 6) is 0. The van der Waals surface area contributed by atoms with Gasteiger partial charge < -0.3 is 10.6 Å². The van der Waals surface area contributed by atoms with E-state index < -0.39 is 4.92 Å². The molecule has 0 radical (unpaired) electrons. The molecule has 0 atom stereocenters. The first-order valence-electron chi connectivity index (χ1n) is 5.69. The van der Waals surface area contributed by atoms with E-state index in [-0.39, 0.29) is 5.69 Å². The van der Waals surface area contributed by atoms with E-state index in [2.05, 4.69) is 10.6 Å². The average Bonchev–Trinajstić information content (AvgIpc) is 2.42. The van der Waals surface area contributed by atoms with Crippen LogP contribution in [0.5, 0.6) is 0 Å². The van der Waals surface area contributed by atoms with E-state index in [1.807, 2.05) is 0 Å². The molecule has 0 aromatic heterocycles. The van der Waals surface area contributed by atoms with Crippen LogP contribution in [-0.2, 0) is 0 Å². The molecule has 0 amide bonds. The first-order chi connectivity index (χ1) is 9.49. The maximum Gasteiger partial charge on any atom is 0.273 e. The topological polar surface area (TPSA) is 67.2 Å². The van der Waals surface area contributed by atoms with E-state index in [9.17, 15) is 10.1 Å². The number of benzene rings is 2. The molecule has 0 heterocycles. The molecule has 5 nitrogen and oxygen atoms in total. The third-order valence-corrected chi connectivity index (χ3v) is 3.36. The summed E-state index contributed by atoms with van der Waals surface area (Å²) in [6, 6.07) is 9.72. The van der Waals surface area contributed by atoms with E-state index in [4.69, 9.17) is 23.2 Å². The van der Waals surface area contributed by atoms with E-state index in [1.54, 1.807) is 31.3 Å². The van der Waals surface area contributed by atoms with Gasteiger partial charge in [0.15, 0.2) is 0 Å². The van der Waals surface area contributed by atoms with Crippen LogP contribution in [0, 0.1) is 10.1 Å². The molecule has 104 valence electrons. The lowest BCUT2D eigenvalue weighted by Crippen LogP contribution is -1.96. The first-order valence-corrected chi connectivity index (χ1v) is 6.44. The third-order valence-electron chi connectivity index (χ3n) is 2.63. The SMILES string of the molecule is CNc1cc(Nc2ccc(Cl)c(Cl)c2)cc([N+](=O)[O-])c1. The molecule has 0 bridgehead atoms. The lowest BCUT2D eigenvalue weighted by molar-refractivity contribution is -0.384. The molecule has 20 heavy (non-hydrogen) atoms. The van der Waals surface area contributed by atoms with Crippen LogP contribution in [-0.4, -0.2) is 12.0 Å². The molecule has 2 rings (SSSR count). The van der Waals surface area contributed by atoms with Gasteiger partial charge >= 0.3 is 0 Å². The molecule has 0 spiro atoms. The Hall–Kier alpha value is -1.98. The highest BCUT2D eigenvalue weighted by Gasteiger charge is 2.09.